The second-order valence-electron chi connectivity index (χ2n) is 4.88. The van der Waals surface area contributed by atoms with Crippen molar-refractivity contribution < 1.29 is 0 Å². The van der Waals surface area contributed by atoms with Crippen molar-refractivity contribution in [3.8, 4) is 16.9 Å². The van der Waals surface area contributed by atoms with Gasteiger partial charge in [-0.05, 0) is 25.3 Å². The molecule has 0 aliphatic heterocycles. The van der Waals surface area contributed by atoms with Crippen LogP contribution in [0.2, 0.25) is 0 Å². The molecule has 0 radical (unpaired) electrons. The Labute approximate surface area is 132 Å². The molecule has 0 unspecified atom stereocenters. The summed E-state index contributed by atoms with van der Waals surface area (Å²) >= 11 is 1.40. The van der Waals surface area contributed by atoms with Crippen molar-refractivity contribution in [2.24, 2.45) is 0 Å². The zero-order valence-electron chi connectivity index (χ0n) is 12.4. The summed E-state index contributed by atoms with van der Waals surface area (Å²) in [5, 5.41) is 8.91. The molecule has 1 aromatic heterocycles. The minimum atomic E-state index is -0.158. The molecular formula is C17H15N3OS. The van der Waals surface area contributed by atoms with E-state index < -0.39 is 0 Å². The summed E-state index contributed by atoms with van der Waals surface area (Å²) in [4.78, 5) is 12.9. The van der Waals surface area contributed by atoms with Gasteiger partial charge in [-0.15, -0.1) is 10.2 Å². The molecule has 0 saturated carbocycles. The van der Waals surface area contributed by atoms with Crippen LogP contribution >= 0.6 is 11.8 Å². The lowest BCUT2D eigenvalue weighted by Gasteiger charge is -2.11. The normalized spacial score (nSPS) is 10.6. The molecule has 0 fully saturated rings. The SMILES string of the molecule is CSc1nnc(-c2ccccc2)c(=O)n1-c1ccc(C)cc1. The monoisotopic (exact) mass is 309 g/mol. The maximum absolute atomic E-state index is 12.9. The van der Waals surface area contributed by atoms with Crippen LogP contribution in [-0.4, -0.2) is 21.0 Å². The van der Waals surface area contributed by atoms with Gasteiger partial charge in [0.25, 0.3) is 5.56 Å². The lowest BCUT2D eigenvalue weighted by Crippen LogP contribution is -2.24. The third kappa shape index (κ3) is 2.67. The molecule has 0 spiro atoms. The smallest absolute Gasteiger partial charge is 0.266 e. The first-order chi connectivity index (χ1) is 10.7. The Kier molecular flexibility index (Phi) is 4.06. The summed E-state index contributed by atoms with van der Waals surface area (Å²) in [6.07, 6.45) is 1.89. The molecule has 0 amide bonds. The Bertz CT molecular complexity index is 842. The molecule has 5 heteroatoms. The summed E-state index contributed by atoms with van der Waals surface area (Å²) in [6, 6.07) is 17.2. The van der Waals surface area contributed by atoms with Crippen LogP contribution in [0, 0.1) is 6.92 Å². The lowest BCUT2D eigenvalue weighted by atomic mass is 10.1. The highest BCUT2D eigenvalue weighted by molar-refractivity contribution is 7.98. The molecular weight excluding hydrogens is 294 g/mol. The summed E-state index contributed by atoms with van der Waals surface area (Å²) in [7, 11) is 0. The average Bonchev–Trinajstić information content (AvgIpc) is 2.56. The molecule has 22 heavy (non-hydrogen) atoms. The van der Waals surface area contributed by atoms with Gasteiger partial charge in [-0.2, -0.15) is 0 Å². The van der Waals surface area contributed by atoms with E-state index in [9.17, 15) is 4.79 Å². The van der Waals surface area contributed by atoms with Crippen LogP contribution in [0.3, 0.4) is 0 Å². The van der Waals surface area contributed by atoms with Gasteiger partial charge < -0.3 is 0 Å². The first-order valence-corrected chi connectivity index (χ1v) is 8.09. The van der Waals surface area contributed by atoms with E-state index in [1.54, 1.807) is 4.57 Å². The summed E-state index contributed by atoms with van der Waals surface area (Å²) < 4.78 is 1.61. The number of aryl methyl sites for hydroxylation is 1. The minimum absolute atomic E-state index is 0.158. The second-order valence-corrected chi connectivity index (χ2v) is 5.65. The van der Waals surface area contributed by atoms with Gasteiger partial charge in [0.2, 0.25) is 0 Å². The number of hydrogen-bond donors (Lipinski definition) is 0. The highest BCUT2D eigenvalue weighted by Gasteiger charge is 2.14. The highest BCUT2D eigenvalue weighted by atomic mass is 32.2. The fourth-order valence-corrected chi connectivity index (χ4v) is 2.70. The Morgan fingerprint density at radius 1 is 0.955 bits per heavy atom. The van der Waals surface area contributed by atoms with Crippen molar-refractivity contribution in [3.63, 3.8) is 0 Å². The Morgan fingerprint density at radius 2 is 1.64 bits per heavy atom. The molecule has 110 valence electrons. The predicted molar refractivity (Wildman–Crippen MR) is 89.6 cm³/mol. The number of nitrogens with zero attached hydrogens (tertiary/aromatic N) is 3. The quantitative estimate of drug-likeness (QED) is 0.696. The molecule has 1 heterocycles. The van der Waals surface area contributed by atoms with Gasteiger partial charge in [-0.1, -0.05) is 59.8 Å². The van der Waals surface area contributed by atoms with E-state index in [4.69, 9.17) is 0 Å². The summed E-state index contributed by atoms with van der Waals surface area (Å²) in [6.45, 7) is 2.02. The van der Waals surface area contributed by atoms with E-state index >= 15 is 0 Å². The maximum atomic E-state index is 12.9. The molecule has 0 N–H and O–H groups in total. The van der Waals surface area contributed by atoms with Gasteiger partial charge in [-0.25, -0.2) is 0 Å². The molecule has 0 saturated heterocycles. The molecule has 3 rings (SSSR count). The largest absolute Gasteiger partial charge is 0.285 e. The zero-order chi connectivity index (χ0) is 15.5. The molecule has 0 aliphatic rings. The van der Waals surface area contributed by atoms with Gasteiger partial charge in [0.05, 0.1) is 5.69 Å². The number of hydrogen-bond acceptors (Lipinski definition) is 4. The summed E-state index contributed by atoms with van der Waals surface area (Å²) in [5.74, 6) is 0. The highest BCUT2D eigenvalue weighted by Crippen LogP contribution is 2.18. The van der Waals surface area contributed by atoms with Crippen molar-refractivity contribution in [1.82, 2.24) is 14.8 Å². The van der Waals surface area contributed by atoms with Gasteiger partial charge >= 0.3 is 0 Å². The van der Waals surface area contributed by atoms with Gasteiger partial charge in [-0.3, -0.25) is 9.36 Å². The van der Waals surface area contributed by atoms with Crippen LogP contribution in [0.15, 0.2) is 64.5 Å². The van der Waals surface area contributed by atoms with Gasteiger partial charge in [0.1, 0.15) is 0 Å². The van der Waals surface area contributed by atoms with E-state index in [0.29, 0.717) is 10.9 Å². The van der Waals surface area contributed by atoms with E-state index in [0.717, 1.165) is 16.8 Å². The molecule has 4 nitrogen and oxygen atoms in total. The molecule has 0 atom stereocenters. The molecule has 2 aromatic carbocycles. The Hall–Kier alpha value is -2.40. The average molecular weight is 309 g/mol. The molecule has 3 aromatic rings. The van der Waals surface area contributed by atoms with Crippen molar-refractivity contribution in [3.05, 3.63) is 70.5 Å². The third-order valence-corrected chi connectivity index (χ3v) is 3.98. The van der Waals surface area contributed by atoms with Crippen LogP contribution in [-0.2, 0) is 0 Å². The predicted octanol–water partition coefficient (Wildman–Crippen LogP) is 3.32. The first-order valence-electron chi connectivity index (χ1n) is 6.87. The van der Waals surface area contributed by atoms with E-state index in [1.807, 2.05) is 67.8 Å². The first kappa shape index (κ1) is 14.5. The van der Waals surface area contributed by atoms with Crippen molar-refractivity contribution >= 4 is 11.8 Å². The van der Waals surface area contributed by atoms with Crippen LogP contribution < -0.4 is 5.56 Å². The molecule has 0 aliphatic carbocycles. The van der Waals surface area contributed by atoms with Crippen molar-refractivity contribution in [1.29, 1.82) is 0 Å². The van der Waals surface area contributed by atoms with Gasteiger partial charge in [0.15, 0.2) is 10.9 Å². The number of aromatic nitrogens is 3. The number of benzene rings is 2. The van der Waals surface area contributed by atoms with E-state index in [2.05, 4.69) is 10.2 Å². The van der Waals surface area contributed by atoms with E-state index in [1.165, 1.54) is 11.8 Å². The van der Waals surface area contributed by atoms with Crippen LogP contribution in [0.1, 0.15) is 5.56 Å². The number of thioether (sulfide) groups is 1. The number of rotatable bonds is 3. The van der Waals surface area contributed by atoms with Crippen LogP contribution in [0.4, 0.5) is 0 Å². The van der Waals surface area contributed by atoms with Crippen LogP contribution in [0.25, 0.3) is 16.9 Å². The summed E-state index contributed by atoms with van der Waals surface area (Å²) in [5.41, 5.74) is 2.92. The van der Waals surface area contributed by atoms with E-state index in [-0.39, 0.29) is 5.56 Å². The fourth-order valence-electron chi connectivity index (χ4n) is 2.20. The van der Waals surface area contributed by atoms with Crippen molar-refractivity contribution in [2.45, 2.75) is 12.1 Å². The lowest BCUT2D eigenvalue weighted by molar-refractivity contribution is 0.733. The van der Waals surface area contributed by atoms with Gasteiger partial charge in [0, 0.05) is 5.56 Å². The molecule has 0 bridgehead atoms. The third-order valence-electron chi connectivity index (χ3n) is 3.35. The Balaban J connectivity index is 2.24. The zero-order valence-corrected chi connectivity index (χ0v) is 13.2. The standard InChI is InChI=1S/C17H15N3OS/c1-12-8-10-14(11-9-12)20-16(21)15(18-19-17(20)22-2)13-6-4-3-5-7-13/h3-11H,1-2H3. The maximum Gasteiger partial charge on any atom is 0.285 e. The second kappa shape index (κ2) is 6.15. The topological polar surface area (TPSA) is 47.8 Å². The Morgan fingerprint density at radius 3 is 2.27 bits per heavy atom. The fraction of sp³-hybridized carbons (Fsp3) is 0.118. The van der Waals surface area contributed by atoms with Crippen molar-refractivity contribution in [2.75, 3.05) is 6.26 Å². The minimum Gasteiger partial charge on any atom is -0.266 e. The van der Waals surface area contributed by atoms with Crippen LogP contribution in [0.5, 0.6) is 0 Å².